The van der Waals surface area contributed by atoms with E-state index in [0.29, 0.717) is 47.7 Å². The van der Waals surface area contributed by atoms with Crippen LogP contribution in [0.3, 0.4) is 0 Å². The number of fused-ring (bicyclic) bond motifs is 5. The van der Waals surface area contributed by atoms with Crippen molar-refractivity contribution in [3.8, 4) is 0 Å². The largest absolute Gasteiger partial charge is 0.396 e. The van der Waals surface area contributed by atoms with E-state index < -0.39 is 0 Å². The third kappa shape index (κ3) is 2.48. The molecule has 0 spiro atoms. The van der Waals surface area contributed by atoms with E-state index in [1.165, 1.54) is 25.7 Å². The van der Waals surface area contributed by atoms with Gasteiger partial charge < -0.3 is 10.2 Å². The molecule has 3 heteroatoms. The van der Waals surface area contributed by atoms with Crippen LogP contribution in [0.1, 0.15) is 72.1 Å². The lowest BCUT2D eigenvalue weighted by atomic mass is 9.44. The molecule has 4 rings (SSSR count). The van der Waals surface area contributed by atoms with Gasteiger partial charge in [0.1, 0.15) is 5.78 Å². The first-order chi connectivity index (χ1) is 11.8. The van der Waals surface area contributed by atoms with Crippen LogP contribution in [0.25, 0.3) is 0 Å². The Labute approximate surface area is 152 Å². The summed E-state index contributed by atoms with van der Waals surface area (Å²) in [6.07, 6.45) is 7.92. The molecular formula is C22H36O3. The fraction of sp³-hybridized carbons (Fsp3) is 0.955. The van der Waals surface area contributed by atoms with E-state index in [2.05, 4.69) is 20.8 Å². The van der Waals surface area contributed by atoms with Crippen molar-refractivity contribution >= 4 is 5.78 Å². The van der Waals surface area contributed by atoms with Gasteiger partial charge in [0.2, 0.25) is 0 Å². The van der Waals surface area contributed by atoms with E-state index in [-0.39, 0.29) is 23.5 Å². The number of carbonyl (C=O) groups is 1. The van der Waals surface area contributed by atoms with Crippen LogP contribution in [0.4, 0.5) is 0 Å². The Morgan fingerprint density at radius 2 is 1.84 bits per heavy atom. The lowest BCUT2D eigenvalue weighted by Gasteiger charge is -2.61. The van der Waals surface area contributed by atoms with Crippen molar-refractivity contribution in [1.82, 2.24) is 0 Å². The molecular weight excluding hydrogens is 312 g/mol. The maximum absolute atomic E-state index is 12.0. The second-order valence-corrected chi connectivity index (χ2v) is 10.4. The molecule has 0 aromatic carbocycles. The first kappa shape index (κ1) is 18.0. The van der Waals surface area contributed by atoms with Crippen molar-refractivity contribution in [2.45, 2.75) is 78.2 Å². The minimum Gasteiger partial charge on any atom is -0.396 e. The Hall–Kier alpha value is -0.410. The van der Waals surface area contributed by atoms with Crippen molar-refractivity contribution in [1.29, 1.82) is 0 Å². The number of aliphatic hydroxyl groups excluding tert-OH is 2. The minimum absolute atomic E-state index is 0.234. The lowest BCUT2D eigenvalue weighted by Crippen LogP contribution is -2.58. The van der Waals surface area contributed by atoms with Crippen molar-refractivity contribution < 1.29 is 15.0 Å². The second-order valence-electron chi connectivity index (χ2n) is 10.4. The van der Waals surface area contributed by atoms with Gasteiger partial charge in [-0.3, -0.25) is 4.79 Å². The standard InChI is InChI=1S/C22H36O3/c1-13(12-23)16-4-5-17-20-18(7-9-22(16,17)3)21(2)8-6-15(24)10-14(21)11-19(20)25/h13-14,16-20,23,25H,4-12H2,1-3H3/t13-,14-,16-,17+,18+,19-,20+,21+,22-/m1/s1. The molecule has 0 saturated heterocycles. The minimum atomic E-state index is -0.234. The quantitative estimate of drug-likeness (QED) is 0.798. The van der Waals surface area contributed by atoms with Gasteiger partial charge in [-0.25, -0.2) is 0 Å². The summed E-state index contributed by atoms with van der Waals surface area (Å²) in [6.45, 7) is 7.36. The summed E-state index contributed by atoms with van der Waals surface area (Å²) in [5, 5.41) is 20.9. The van der Waals surface area contributed by atoms with Crippen molar-refractivity contribution in [2.24, 2.45) is 46.3 Å². The molecule has 25 heavy (non-hydrogen) atoms. The monoisotopic (exact) mass is 348 g/mol. The molecule has 3 nitrogen and oxygen atoms in total. The number of ketones is 1. The summed E-state index contributed by atoms with van der Waals surface area (Å²) in [6, 6.07) is 0. The first-order valence-electron chi connectivity index (χ1n) is 10.6. The SMILES string of the molecule is C[C@H](CO)[C@H]1CC[C@H]2[C@@H]3[C@H](O)C[C@H]4CC(=O)CC[C@]4(C)[C@H]3CC[C@]12C. The van der Waals surface area contributed by atoms with Crippen LogP contribution in [0, 0.1) is 46.3 Å². The molecule has 0 aromatic rings. The average molecular weight is 349 g/mol. The van der Waals surface area contributed by atoms with Crippen molar-refractivity contribution in [3.63, 3.8) is 0 Å². The molecule has 0 aromatic heterocycles. The number of carbonyl (C=O) groups excluding carboxylic acids is 1. The van der Waals surface area contributed by atoms with E-state index in [9.17, 15) is 15.0 Å². The van der Waals surface area contributed by atoms with Crippen LogP contribution >= 0.6 is 0 Å². The maximum Gasteiger partial charge on any atom is 0.133 e. The molecule has 2 N–H and O–H groups in total. The van der Waals surface area contributed by atoms with Crippen LogP contribution in [-0.4, -0.2) is 28.7 Å². The topological polar surface area (TPSA) is 57.5 Å². The fourth-order valence-electron chi connectivity index (χ4n) is 8.12. The number of hydrogen-bond acceptors (Lipinski definition) is 3. The van der Waals surface area contributed by atoms with Gasteiger partial charge in [-0.2, -0.15) is 0 Å². The van der Waals surface area contributed by atoms with Gasteiger partial charge >= 0.3 is 0 Å². The number of hydrogen-bond donors (Lipinski definition) is 2. The summed E-state index contributed by atoms with van der Waals surface area (Å²) in [7, 11) is 0. The third-order valence-electron chi connectivity index (χ3n) is 9.55. The molecule has 0 radical (unpaired) electrons. The van der Waals surface area contributed by atoms with Crippen LogP contribution in [-0.2, 0) is 4.79 Å². The Balaban J connectivity index is 1.64. The lowest BCUT2D eigenvalue weighted by molar-refractivity contribution is -0.169. The van der Waals surface area contributed by atoms with Crippen LogP contribution in [0.15, 0.2) is 0 Å². The molecule has 4 aliphatic carbocycles. The Bertz CT molecular complexity index is 545. The molecule has 142 valence electrons. The first-order valence-corrected chi connectivity index (χ1v) is 10.6. The zero-order chi connectivity index (χ0) is 18.0. The van der Waals surface area contributed by atoms with Crippen LogP contribution in [0.5, 0.6) is 0 Å². The highest BCUT2D eigenvalue weighted by molar-refractivity contribution is 5.79. The fourth-order valence-corrected chi connectivity index (χ4v) is 8.12. The van der Waals surface area contributed by atoms with Gasteiger partial charge in [-0.1, -0.05) is 20.8 Å². The number of rotatable bonds is 2. The van der Waals surface area contributed by atoms with Crippen LogP contribution in [0.2, 0.25) is 0 Å². The maximum atomic E-state index is 12.0. The summed E-state index contributed by atoms with van der Waals surface area (Å²) in [5.74, 6) is 3.33. The molecule has 0 aliphatic heterocycles. The van der Waals surface area contributed by atoms with E-state index >= 15 is 0 Å². The molecule has 0 bridgehead atoms. The third-order valence-corrected chi connectivity index (χ3v) is 9.55. The predicted octanol–water partition coefficient (Wildman–Crippen LogP) is 3.81. The second kappa shape index (κ2) is 6.05. The highest BCUT2D eigenvalue weighted by Gasteiger charge is 2.62. The average Bonchev–Trinajstić information content (AvgIpc) is 2.93. The molecule has 0 heterocycles. The molecule has 4 saturated carbocycles. The summed E-state index contributed by atoms with van der Waals surface area (Å²) in [5.41, 5.74) is 0.526. The number of Topliss-reactive ketones (excluding diaryl/α,β-unsaturated/α-hetero) is 1. The molecule has 9 atom stereocenters. The highest BCUT2D eigenvalue weighted by Crippen LogP contribution is 2.67. The molecule has 0 amide bonds. The summed E-state index contributed by atoms with van der Waals surface area (Å²) >= 11 is 0. The Morgan fingerprint density at radius 1 is 1.12 bits per heavy atom. The Kier molecular flexibility index (Phi) is 4.35. The van der Waals surface area contributed by atoms with Gasteiger partial charge in [-0.15, -0.1) is 0 Å². The zero-order valence-electron chi connectivity index (χ0n) is 16.2. The Morgan fingerprint density at radius 3 is 2.56 bits per heavy atom. The molecule has 0 unspecified atom stereocenters. The summed E-state index contributed by atoms with van der Waals surface area (Å²) < 4.78 is 0. The van der Waals surface area contributed by atoms with E-state index in [4.69, 9.17) is 0 Å². The van der Waals surface area contributed by atoms with E-state index in [1.807, 2.05) is 0 Å². The summed E-state index contributed by atoms with van der Waals surface area (Å²) in [4.78, 5) is 12.0. The van der Waals surface area contributed by atoms with Gasteiger partial charge in [-0.05, 0) is 84.9 Å². The molecule has 4 aliphatic rings. The van der Waals surface area contributed by atoms with Gasteiger partial charge in [0.15, 0.2) is 0 Å². The van der Waals surface area contributed by atoms with E-state index in [0.717, 1.165) is 19.3 Å². The van der Waals surface area contributed by atoms with Gasteiger partial charge in [0, 0.05) is 19.4 Å². The van der Waals surface area contributed by atoms with Crippen LogP contribution < -0.4 is 0 Å². The van der Waals surface area contributed by atoms with Gasteiger partial charge in [0.05, 0.1) is 6.10 Å². The van der Waals surface area contributed by atoms with Crippen molar-refractivity contribution in [2.75, 3.05) is 6.61 Å². The normalized spacial score (nSPS) is 53.7. The van der Waals surface area contributed by atoms with E-state index in [1.54, 1.807) is 0 Å². The smallest absolute Gasteiger partial charge is 0.133 e. The predicted molar refractivity (Wildman–Crippen MR) is 97.9 cm³/mol. The highest BCUT2D eigenvalue weighted by atomic mass is 16.3. The van der Waals surface area contributed by atoms with Crippen molar-refractivity contribution in [3.05, 3.63) is 0 Å². The van der Waals surface area contributed by atoms with Gasteiger partial charge in [0.25, 0.3) is 0 Å². The zero-order valence-corrected chi connectivity index (χ0v) is 16.2. The number of aliphatic hydroxyl groups is 2. The molecule has 4 fully saturated rings.